The van der Waals surface area contributed by atoms with Crippen LogP contribution in [0, 0.1) is 5.92 Å². The Kier molecular flexibility index (Phi) is 4.36. The smallest absolute Gasteiger partial charge is 0.313 e. The minimum absolute atomic E-state index is 0.124. The average Bonchev–Trinajstić information content (AvgIpc) is 3.00. The van der Waals surface area contributed by atoms with Crippen LogP contribution in [-0.2, 0) is 4.84 Å². The largest absolute Gasteiger partial charge is 0.367 e. The number of alkyl halides is 2. The SMILES string of the molecule is O=C(c1no[nH]c1=O)N(CC1CCC(F)(F)CC1)N1C=CC=CO1. The van der Waals surface area contributed by atoms with Crippen LogP contribution in [0.5, 0.6) is 0 Å². The monoisotopic (exact) mass is 342 g/mol. The minimum Gasteiger partial charge on any atom is -0.367 e. The molecule has 1 aliphatic carbocycles. The van der Waals surface area contributed by atoms with Crippen molar-refractivity contribution in [3.63, 3.8) is 0 Å². The van der Waals surface area contributed by atoms with E-state index in [2.05, 4.69) is 9.79 Å². The van der Waals surface area contributed by atoms with Crippen molar-refractivity contribution in [3.05, 3.63) is 40.7 Å². The molecule has 1 aliphatic heterocycles. The van der Waals surface area contributed by atoms with Gasteiger partial charge in [-0.2, -0.15) is 5.16 Å². The molecule has 0 spiro atoms. The molecule has 130 valence electrons. The highest BCUT2D eigenvalue weighted by molar-refractivity contribution is 5.91. The molecule has 1 aromatic heterocycles. The summed E-state index contributed by atoms with van der Waals surface area (Å²) in [5.74, 6) is -3.52. The first-order chi connectivity index (χ1) is 11.5. The third kappa shape index (κ3) is 3.47. The summed E-state index contributed by atoms with van der Waals surface area (Å²) in [7, 11) is 0. The molecule has 0 aromatic carbocycles. The number of allylic oxidation sites excluding steroid dienone is 2. The molecule has 2 aliphatic rings. The molecule has 0 saturated heterocycles. The van der Waals surface area contributed by atoms with Crippen molar-refractivity contribution in [1.29, 1.82) is 0 Å². The van der Waals surface area contributed by atoms with E-state index in [1.54, 1.807) is 12.2 Å². The van der Waals surface area contributed by atoms with Gasteiger partial charge in [0.05, 0.1) is 6.20 Å². The maximum atomic E-state index is 13.3. The second kappa shape index (κ2) is 6.46. The van der Waals surface area contributed by atoms with Crippen molar-refractivity contribution in [3.8, 4) is 0 Å². The molecule has 3 rings (SSSR count). The molecule has 24 heavy (non-hydrogen) atoms. The number of nitrogens with zero attached hydrogens (tertiary/aromatic N) is 3. The third-order valence-electron chi connectivity index (χ3n) is 4.01. The number of H-pyrrole nitrogens is 1. The molecule has 1 fully saturated rings. The van der Waals surface area contributed by atoms with E-state index in [-0.39, 0.29) is 38.1 Å². The number of hydrogen-bond acceptors (Lipinski definition) is 6. The zero-order valence-corrected chi connectivity index (χ0v) is 12.7. The number of carbonyl (C=O) groups excluding carboxylic acids is 1. The number of hydroxylamine groups is 1. The highest BCUT2D eigenvalue weighted by Crippen LogP contribution is 2.36. The summed E-state index contributed by atoms with van der Waals surface area (Å²) in [6.07, 6.45) is 6.18. The average molecular weight is 342 g/mol. The van der Waals surface area contributed by atoms with Gasteiger partial charge in [0.1, 0.15) is 6.26 Å². The zero-order valence-electron chi connectivity index (χ0n) is 12.7. The summed E-state index contributed by atoms with van der Waals surface area (Å²) < 4.78 is 31.0. The summed E-state index contributed by atoms with van der Waals surface area (Å²) in [4.78, 5) is 29.4. The van der Waals surface area contributed by atoms with Gasteiger partial charge < -0.3 is 4.84 Å². The molecule has 0 atom stereocenters. The van der Waals surface area contributed by atoms with Gasteiger partial charge in [0, 0.05) is 19.4 Å². The minimum atomic E-state index is -2.65. The van der Waals surface area contributed by atoms with Crippen LogP contribution < -0.4 is 5.56 Å². The second-order valence-electron chi connectivity index (χ2n) is 5.73. The fraction of sp³-hybridized carbons (Fsp3) is 0.500. The Morgan fingerprint density at radius 2 is 2.17 bits per heavy atom. The molecule has 1 amide bonds. The van der Waals surface area contributed by atoms with Gasteiger partial charge in [-0.1, -0.05) is 0 Å². The lowest BCUT2D eigenvalue weighted by atomic mass is 9.86. The lowest BCUT2D eigenvalue weighted by molar-refractivity contribution is -0.196. The highest BCUT2D eigenvalue weighted by Gasteiger charge is 2.37. The van der Waals surface area contributed by atoms with Crippen molar-refractivity contribution in [2.75, 3.05) is 6.54 Å². The quantitative estimate of drug-likeness (QED) is 0.897. The van der Waals surface area contributed by atoms with Gasteiger partial charge in [-0.3, -0.25) is 14.2 Å². The summed E-state index contributed by atoms with van der Waals surface area (Å²) in [5.41, 5.74) is -1.19. The van der Waals surface area contributed by atoms with Crippen LogP contribution in [0.15, 0.2) is 34.0 Å². The molecule has 2 heterocycles. The van der Waals surface area contributed by atoms with E-state index in [0.29, 0.717) is 0 Å². The molecular formula is C14H16F2N4O4. The lowest BCUT2D eigenvalue weighted by Crippen LogP contribution is -2.47. The fourth-order valence-corrected chi connectivity index (χ4v) is 2.68. The number of hydrazine groups is 1. The molecule has 0 bridgehead atoms. The van der Waals surface area contributed by atoms with E-state index < -0.39 is 23.1 Å². The van der Waals surface area contributed by atoms with E-state index >= 15 is 0 Å². The van der Waals surface area contributed by atoms with Crippen LogP contribution in [0.25, 0.3) is 0 Å². The molecule has 1 N–H and O–H groups in total. The van der Waals surface area contributed by atoms with Crippen molar-refractivity contribution in [2.24, 2.45) is 5.92 Å². The van der Waals surface area contributed by atoms with Crippen LogP contribution in [-0.4, -0.2) is 38.9 Å². The number of aromatic nitrogens is 2. The number of aromatic amines is 1. The normalized spacial score (nSPS) is 20.0. The third-order valence-corrected chi connectivity index (χ3v) is 4.01. The Morgan fingerprint density at radius 3 is 2.75 bits per heavy atom. The predicted molar refractivity (Wildman–Crippen MR) is 76.3 cm³/mol. The molecule has 0 unspecified atom stereocenters. The van der Waals surface area contributed by atoms with E-state index in [1.807, 2.05) is 5.16 Å². The van der Waals surface area contributed by atoms with Crippen LogP contribution in [0.3, 0.4) is 0 Å². The van der Waals surface area contributed by atoms with Gasteiger partial charge >= 0.3 is 11.5 Å². The molecule has 8 nitrogen and oxygen atoms in total. The maximum absolute atomic E-state index is 13.3. The number of halogens is 2. The number of hydrogen-bond donors (Lipinski definition) is 1. The van der Waals surface area contributed by atoms with Crippen LogP contribution in [0.4, 0.5) is 8.78 Å². The lowest BCUT2D eigenvalue weighted by Gasteiger charge is -2.36. The molecule has 1 saturated carbocycles. The highest BCUT2D eigenvalue weighted by atomic mass is 19.3. The Labute approximate surface area is 135 Å². The fourth-order valence-electron chi connectivity index (χ4n) is 2.68. The summed E-state index contributed by atoms with van der Waals surface area (Å²) in [5, 5.41) is 7.61. The Bertz CT molecular complexity index is 702. The van der Waals surface area contributed by atoms with Crippen LogP contribution in [0.1, 0.15) is 36.2 Å². The summed E-state index contributed by atoms with van der Waals surface area (Å²) in [6, 6.07) is 0. The number of carbonyl (C=O) groups is 1. The Hall–Kier alpha value is -2.65. The zero-order chi connectivity index (χ0) is 17.2. The van der Waals surface area contributed by atoms with E-state index in [4.69, 9.17) is 4.84 Å². The maximum Gasteiger partial charge on any atom is 0.313 e. The van der Waals surface area contributed by atoms with Gasteiger partial charge in [0.2, 0.25) is 11.6 Å². The van der Waals surface area contributed by atoms with Crippen molar-refractivity contribution < 1.29 is 23.0 Å². The van der Waals surface area contributed by atoms with E-state index in [0.717, 1.165) is 10.2 Å². The van der Waals surface area contributed by atoms with Gasteiger partial charge in [-0.05, 0) is 36.1 Å². The van der Waals surface area contributed by atoms with E-state index in [9.17, 15) is 18.4 Å². The predicted octanol–water partition coefficient (Wildman–Crippen LogP) is 1.82. The van der Waals surface area contributed by atoms with Gasteiger partial charge in [-0.15, -0.1) is 5.17 Å². The first kappa shape index (κ1) is 16.2. The van der Waals surface area contributed by atoms with E-state index in [1.165, 1.54) is 12.5 Å². The number of rotatable bonds is 4. The molecule has 10 heteroatoms. The summed E-state index contributed by atoms with van der Waals surface area (Å²) in [6.45, 7) is 0.124. The summed E-state index contributed by atoms with van der Waals surface area (Å²) >= 11 is 0. The second-order valence-corrected chi connectivity index (χ2v) is 5.73. The van der Waals surface area contributed by atoms with Crippen LogP contribution >= 0.6 is 0 Å². The van der Waals surface area contributed by atoms with Crippen molar-refractivity contribution in [1.82, 2.24) is 20.5 Å². The first-order valence-electron chi connectivity index (χ1n) is 7.49. The molecular weight excluding hydrogens is 326 g/mol. The number of amides is 1. The Morgan fingerprint density at radius 1 is 1.42 bits per heavy atom. The standard InChI is InChI=1S/C14H16F2N4O4/c15-14(16)5-3-10(4-6-14)9-19(20-7-1-2-8-23-20)13(22)11-12(21)18-24-17-11/h1-2,7-8,10H,3-6,9H2,(H,18,21). The number of nitrogens with one attached hydrogen (secondary N) is 1. The Balaban J connectivity index is 1.77. The first-order valence-corrected chi connectivity index (χ1v) is 7.49. The van der Waals surface area contributed by atoms with Gasteiger partial charge in [-0.25, -0.2) is 13.8 Å². The molecule has 0 radical (unpaired) electrons. The molecule has 1 aromatic rings. The van der Waals surface area contributed by atoms with Gasteiger partial charge in [0.15, 0.2) is 0 Å². The van der Waals surface area contributed by atoms with Crippen molar-refractivity contribution in [2.45, 2.75) is 31.6 Å². The van der Waals surface area contributed by atoms with Gasteiger partial charge in [0.25, 0.3) is 0 Å². The van der Waals surface area contributed by atoms with Crippen LogP contribution in [0.2, 0.25) is 0 Å². The van der Waals surface area contributed by atoms with Crippen molar-refractivity contribution >= 4 is 5.91 Å². The topological polar surface area (TPSA) is 91.7 Å².